The van der Waals surface area contributed by atoms with Gasteiger partial charge in [0.15, 0.2) is 0 Å². The summed E-state index contributed by atoms with van der Waals surface area (Å²) in [5.74, 6) is 0.869. The van der Waals surface area contributed by atoms with Gasteiger partial charge in [0.25, 0.3) is 0 Å². The molecule has 0 amide bonds. The van der Waals surface area contributed by atoms with E-state index < -0.39 is 0 Å². The molecule has 1 aromatic rings. The maximum Gasteiger partial charge on any atom is 0.0794 e. The summed E-state index contributed by atoms with van der Waals surface area (Å²) in [6.45, 7) is 0. The highest BCUT2D eigenvalue weighted by atomic mass is 32.1. The van der Waals surface area contributed by atoms with Crippen molar-refractivity contribution in [3.63, 3.8) is 0 Å². The van der Waals surface area contributed by atoms with Gasteiger partial charge in [0, 0.05) is 22.9 Å². The summed E-state index contributed by atoms with van der Waals surface area (Å²) in [5.41, 5.74) is 1.86. The molecule has 0 saturated heterocycles. The minimum atomic E-state index is 0.471. The minimum absolute atomic E-state index is 0.471. The van der Waals surface area contributed by atoms with Crippen LogP contribution >= 0.6 is 24.0 Å². The Morgan fingerprint density at radius 2 is 2.64 bits per heavy atom. The molecule has 1 heterocycles. The van der Waals surface area contributed by atoms with Gasteiger partial charge in [0.2, 0.25) is 0 Å². The van der Waals surface area contributed by atoms with E-state index >= 15 is 0 Å². The molecular weight excluding hydrogens is 176 g/mol. The Morgan fingerprint density at radius 3 is 3.09 bits per heavy atom. The number of hydrogen-bond donors (Lipinski definition) is 2. The second kappa shape index (κ2) is 4.74. The number of nitrogens with zero attached hydrogens (tertiary/aromatic N) is 1. The molecule has 4 heteroatoms. The first-order chi connectivity index (χ1) is 5.36. The normalized spacial score (nSPS) is 13.3. The van der Waals surface area contributed by atoms with E-state index in [9.17, 15) is 0 Å². The Bertz CT molecular complexity index is 182. The van der Waals surface area contributed by atoms with Gasteiger partial charge in [-0.2, -0.15) is 12.6 Å². The molecule has 0 aromatic carbocycles. The third-order valence-electron chi connectivity index (χ3n) is 1.56. The smallest absolute Gasteiger partial charge is 0.0794 e. The van der Waals surface area contributed by atoms with Crippen LogP contribution in [0.2, 0.25) is 0 Å². The standard InChI is InChI=1S/C7H12N2S2/c1-8-6(4-10)2-7-3-9-5-11-7/h3,5-6,8,10H,2,4H2,1H3. The van der Waals surface area contributed by atoms with Crippen molar-refractivity contribution in [3.05, 3.63) is 16.6 Å². The number of likely N-dealkylation sites (N-methyl/N-ethyl adjacent to an activating group) is 1. The monoisotopic (exact) mass is 188 g/mol. The van der Waals surface area contributed by atoms with Crippen LogP contribution in [0.4, 0.5) is 0 Å². The molecule has 0 bridgehead atoms. The van der Waals surface area contributed by atoms with Gasteiger partial charge >= 0.3 is 0 Å². The minimum Gasteiger partial charge on any atom is -0.316 e. The number of thiol groups is 1. The van der Waals surface area contributed by atoms with E-state index in [0.29, 0.717) is 6.04 Å². The molecule has 2 nitrogen and oxygen atoms in total. The van der Waals surface area contributed by atoms with E-state index in [-0.39, 0.29) is 0 Å². The molecule has 0 fully saturated rings. The highest BCUT2D eigenvalue weighted by Crippen LogP contribution is 2.08. The fourth-order valence-electron chi connectivity index (χ4n) is 0.844. The Labute approximate surface area is 76.5 Å². The molecule has 0 radical (unpaired) electrons. The third-order valence-corrected chi connectivity index (χ3v) is 2.80. The van der Waals surface area contributed by atoms with E-state index in [1.54, 1.807) is 11.3 Å². The van der Waals surface area contributed by atoms with Crippen LogP contribution < -0.4 is 5.32 Å². The number of nitrogens with one attached hydrogen (secondary N) is 1. The molecular formula is C7H12N2S2. The first-order valence-corrected chi connectivity index (χ1v) is 5.03. The zero-order valence-electron chi connectivity index (χ0n) is 6.45. The van der Waals surface area contributed by atoms with Crippen LogP contribution in [-0.2, 0) is 6.42 Å². The van der Waals surface area contributed by atoms with Crippen LogP contribution in [0, 0.1) is 0 Å². The Balaban J connectivity index is 2.41. The van der Waals surface area contributed by atoms with E-state index in [0.717, 1.165) is 12.2 Å². The van der Waals surface area contributed by atoms with Crippen molar-refractivity contribution in [3.8, 4) is 0 Å². The van der Waals surface area contributed by atoms with Gasteiger partial charge in [-0.05, 0) is 13.5 Å². The summed E-state index contributed by atoms with van der Waals surface area (Å²) in [7, 11) is 1.96. The van der Waals surface area contributed by atoms with Crippen molar-refractivity contribution in [1.82, 2.24) is 10.3 Å². The number of aromatic nitrogens is 1. The molecule has 1 rings (SSSR count). The SMILES string of the molecule is CNC(CS)Cc1cncs1. The maximum absolute atomic E-state index is 4.23. The van der Waals surface area contributed by atoms with E-state index in [2.05, 4.69) is 22.9 Å². The lowest BCUT2D eigenvalue weighted by Gasteiger charge is -2.10. The largest absolute Gasteiger partial charge is 0.316 e. The van der Waals surface area contributed by atoms with Gasteiger partial charge < -0.3 is 5.32 Å². The lowest BCUT2D eigenvalue weighted by Crippen LogP contribution is -2.28. The van der Waals surface area contributed by atoms with Crippen molar-refractivity contribution in [1.29, 1.82) is 0 Å². The Kier molecular flexibility index (Phi) is 3.90. The van der Waals surface area contributed by atoms with Gasteiger partial charge in [0.1, 0.15) is 0 Å². The fourth-order valence-corrected chi connectivity index (χ4v) is 1.83. The fraction of sp³-hybridized carbons (Fsp3) is 0.571. The molecule has 11 heavy (non-hydrogen) atoms. The predicted octanol–water partition coefficient (Wildman–Crippen LogP) is 1.20. The van der Waals surface area contributed by atoms with Gasteiger partial charge in [-0.3, -0.25) is 4.98 Å². The van der Waals surface area contributed by atoms with Gasteiger partial charge in [0.05, 0.1) is 5.51 Å². The van der Waals surface area contributed by atoms with Gasteiger partial charge in [-0.25, -0.2) is 0 Å². The lowest BCUT2D eigenvalue weighted by molar-refractivity contribution is 0.622. The molecule has 1 atom stereocenters. The maximum atomic E-state index is 4.23. The first-order valence-electron chi connectivity index (χ1n) is 3.52. The number of hydrogen-bond acceptors (Lipinski definition) is 4. The van der Waals surface area contributed by atoms with Crippen LogP contribution in [0.25, 0.3) is 0 Å². The van der Waals surface area contributed by atoms with Crippen molar-refractivity contribution in [2.45, 2.75) is 12.5 Å². The summed E-state index contributed by atoms with van der Waals surface area (Å²) in [4.78, 5) is 5.33. The van der Waals surface area contributed by atoms with E-state index in [1.807, 2.05) is 18.8 Å². The van der Waals surface area contributed by atoms with Crippen molar-refractivity contribution in [2.75, 3.05) is 12.8 Å². The summed E-state index contributed by atoms with van der Waals surface area (Å²) in [6.07, 6.45) is 2.95. The Morgan fingerprint density at radius 1 is 1.82 bits per heavy atom. The molecule has 1 aromatic heterocycles. The highest BCUT2D eigenvalue weighted by Gasteiger charge is 2.04. The van der Waals surface area contributed by atoms with Crippen LogP contribution in [0.1, 0.15) is 4.88 Å². The molecule has 1 unspecified atom stereocenters. The zero-order valence-corrected chi connectivity index (χ0v) is 8.16. The van der Waals surface area contributed by atoms with Crippen LogP contribution in [0.3, 0.4) is 0 Å². The van der Waals surface area contributed by atoms with E-state index in [1.165, 1.54) is 4.88 Å². The first kappa shape index (κ1) is 9.03. The molecule has 0 aliphatic rings. The van der Waals surface area contributed by atoms with Crippen molar-refractivity contribution in [2.24, 2.45) is 0 Å². The summed E-state index contributed by atoms with van der Waals surface area (Å²) >= 11 is 5.93. The molecule has 0 aliphatic heterocycles. The topological polar surface area (TPSA) is 24.9 Å². The van der Waals surface area contributed by atoms with E-state index in [4.69, 9.17) is 0 Å². The van der Waals surface area contributed by atoms with Crippen molar-refractivity contribution < 1.29 is 0 Å². The van der Waals surface area contributed by atoms with Gasteiger partial charge in [-0.1, -0.05) is 0 Å². The second-order valence-corrected chi connectivity index (χ2v) is 3.68. The number of thiazole rings is 1. The molecule has 1 N–H and O–H groups in total. The molecule has 62 valence electrons. The molecule has 0 aliphatic carbocycles. The molecule has 0 saturated carbocycles. The number of rotatable bonds is 4. The summed E-state index contributed by atoms with van der Waals surface area (Å²) in [5, 5.41) is 3.19. The average Bonchev–Trinajstić information content (AvgIpc) is 2.52. The quantitative estimate of drug-likeness (QED) is 0.694. The van der Waals surface area contributed by atoms with Crippen molar-refractivity contribution >= 4 is 24.0 Å². The van der Waals surface area contributed by atoms with Crippen LogP contribution in [-0.4, -0.2) is 23.8 Å². The highest BCUT2D eigenvalue weighted by molar-refractivity contribution is 7.80. The Hall–Kier alpha value is -0.0600. The second-order valence-electron chi connectivity index (χ2n) is 2.34. The summed E-state index contributed by atoms with van der Waals surface area (Å²) < 4.78 is 0. The summed E-state index contributed by atoms with van der Waals surface area (Å²) in [6, 6.07) is 0.471. The van der Waals surface area contributed by atoms with Gasteiger partial charge in [-0.15, -0.1) is 11.3 Å². The van der Waals surface area contributed by atoms with Crippen LogP contribution in [0.15, 0.2) is 11.7 Å². The molecule has 0 spiro atoms. The average molecular weight is 188 g/mol. The zero-order chi connectivity index (χ0) is 8.10. The predicted molar refractivity (Wildman–Crippen MR) is 52.5 cm³/mol. The third kappa shape index (κ3) is 2.81. The van der Waals surface area contributed by atoms with Crippen LogP contribution in [0.5, 0.6) is 0 Å². The lowest BCUT2D eigenvalue weighted by atomic mass is 10.2.